The minimum Gasteiger partial charge on any atom is -0.327 e. The zero-order valence-electron chi connectivity index (χ0n) is 9.17. The third kappa shape index (κ3) is 4.07. The summed E-state index contributed by atoms with van der Waals surface area (Å²) in [5.41, 5.74) is 5.81. The molecule has 3 atom stereocenters. The van der Waals surface area contributed by atoms with Crippen molar-refractivity contribution >= 4 is 0 Å². The van der Waals surface area contributed by atoms with Crippen LogP contribution in [0.3, 0.4) is 0 Å². The lowest BCUT2D eigenvalue weighted by molar-refractivity contribution is 0.202. The minimum absolute atomic E-state index is 0.263. The quantitative estimate of drug-likeness (QED) is 0.684. The van der Waals surface area contributed by atoms with Crippen molar-refractivity contribution in [2.75, 3.05) is 13.6 Å². The van der Waals surface area contributed by atoms with Crippen molar-refractivity contribution in [2.24, 2.45) is 11.7 Å². The van der Waals surface area contributed by atoms with E-state index in [9.17, 15) is 0 Å². The smallest absolute Gasteiger partial charge is 0.0213 e. The van der Waals surface area contributed by atoms with Gasteiger partial charge in [0.05, 0.1) is 0 Å². The van der Waals surface area contributed by atoms with E-state index in [1.165, 1.54) is 6.42 Å². The molecule has 0 aliphatic carbocycles. The van der Waals surface area contributed by atoms with Crippen LogP contribution in [0.4, 0.5) is 0 Å². The van der Waals surface area contributed by atoms with Crippen molar-refractivity contribution in [1.29, 1.82) is 0 Å². The molecule has 2 nitrogen and oxygen atoms in total. The lowest BCUT2D eigenvalue weighted by Crippen LogP contribution is -2.43. The second-order valence-corrected chi connectivity index (χ2v) is 4.05. The van der Waals surface area contributed by atoms with Gasteiger partial charge in [-0.3, -0.25) is 0 Å². The number of rotatable bonds is 5. The standard InChI is InChI=1S/C10H24N2/c1-6-8(2)7-12(5)10(4)9(3)11/h8-10H,6-7,11H2,1-5H3. The molecule has 3 unspecified atom stereocenters. The highest BCUT2D eigenvalue weighted by atomic mass is 15.1. The molecule has 2 N–H and O–H groups in total. The molecule has 74 valence electrons. The molecule has 0 aromatic rings. The topological polar surface area (TPSA) is 29.3 Å². The van der Waals surface area contributed by atoms with E-state index in [2.05, 4.69) is 39.6 Å². The van der Waals surface area contributed by atoms with E-state index in [4.69, 9.17) is 5.73 Å². The Morgan fingerprint density at radius 2 is 1.75 bits per heavy atom. The van der Waals surface area contributed by atoms with Crippen LogP contribution in [0.2, 0.25) is 0 Å². The van der Waals surface area contributed by atoms with Crippen LogP contribution in [0, 0.1) is 5.92 Å². The van der Waals surface area contributed by atoms with Gasteiger partial charge < -0.3 is 10.6 Å². The minimum atomic E-state index is 0.263. The SMILES string of the molecule is CCC(C)CN(C)C(C)C(C)N. The van der Waals surface area contributed by atoms with E-state index in [0.29, 0.717) is 6.04 Å². The zero-order chi connectivity index (χ0) is 9.72. The molecule has 0 aromatic carbocycles. The van der Waals surface area contributed by atoms with Gasteiger partial charge in [-0.15, -0.1) is 0 Å². The molecule has 0 fully saturated rings. The van der Waals surface area contributed by atoms with E-state index in [1.807, 2.05) is 0 Å². The highest BCUT2D eigenvalue weighted by Gasteiger charge is 2.14. The first-order valence-corrected chi connectivity index (χ1v) is 4.94. The van der Waals surface area contributed by atoms with E-state index >= 15 is 0 Å². The van der Waals surface area contributed by atoms with Crippen molar-refractivity contribution in [2.45, 2.75) is 46.2 Å². The van der Waals surface area contributed by atoms with Crippen molar-refractivity contribution in [3.8, 4) is 0 Å². The van der Waals surface area contributed by atoms with Crippen LogP contribution in [0.1, 0.15) is 34.1 Å². The highest BCUT2D eigenvalue weighted by molar-refractivity contribution is 4.73. The molecule has 0 saturated heterocycles. The van der Waals surface area contributed by atoms with E-state index in [-0.39, 0.29) is 6.04 Å². The molecule has 2 heteroatoms. The van der Waals surface area contributed by atoms with Gasteiger partial charge in [0.1, 0.15) is 0 Å². The third-order valence-electron chi connectivity index (χ3n) is 2.75. The Morgan fingerprint density at radius 1 is 1.25 bits per heavy atom. The summed E-state index contributed by atoms with van der Waals surface area (Å²) < 4.78 is 0. The van der Waals surface area contributed by atoms with Crippen molar-refractivity contribution in [3.05, 3.63) is 0 Å². The molecule has 12 heavy (non-hydrogen) atoms. The number of hydrogen-bond donors (Lipinski definition) is 1. The van der Waals surface area contributed by atoms with Gasteiger partial charge in [-0.2, -0.15) is 0 Å². The van der Waals surface area contributed by atoms with Crippen molar-refractivity contribution < 1.29 is 0 Å². The van der Waals surface area contributed by atoms with Crippen molar-refractivity contribution in [1.82, 2.24) is 4.90 Å². The summed E-state index contributed by atoms with van der Waals surface area (Å²) in [5, 5.41) is 0. The van der Waals surface area contributed by atoms with Crippen LogP contribution in [0.25, 0.3) is 0 Å². The fraction of sp³-hybridized carbons (Fsp3) is 1.00. The van der Waals surface area contributed by atoms with Gasteiger partial charge >= 0.3 is 0 Å². The summed E-state index contributed by atoms with van der Waals surface area (Å²) in [6, 6.07) is 0.748. The van der Waals surface area contributed by atoms with Crippen LogP contribution in [-0.2, 0) is 0 Å². The molecule has 0 aliphatic heterocycles. The second kappa shape index (κ2) is 5.55. The summed E-state index contributed by atoms with van der Waals surface area (Å²) in [7, 11) is 2.15. The van der Waals surface area contributed by atoms with Gasteiger partial charge in [0.25, 0.3) is 0 Å². The molecular weight excluding hydrogens is 148 g/mol. The zero-order valence-corrected chi connectivity index (χ0v) is 9.17. The Labute approximate surface area is 77.1 Å². The summed E-state index contributed by atoms with van der Waals surface area (Å²) in [6.07, 6.45) is 1.25. The third-order valence-corrected chi connectivity index (χ3v) is 2.75. The Balaban J connectivity index is 3.78. The van der Waals surface area contributed by atoms with Gasteiger partial charge in [0, 0.05) is 18.6 Å². The molecular formula is C10H24N2. The number of nitrogens with zero attached hydrogens (tertiary/aromatic N) is 1. The summed E-state index contributed by atoms with van der Waals surface area (Å²) in [6.45, 7) is 9.92. The molecule has 0 aromatic heterocycles. The average Bonchev–Trinajstić information content (AvgIpc) is 2.02. The fourth-order valence-electron chi connectivity index (χ4n) is 1.19. The van der Waals surface area contributed by atoms with Gasteiger partial charge in [-0.1, -0.05) is 20.3 Å². The summed E-state index contributed by atoms with van der Waals surface area (Å²) in [4.78, 5) is 2.35. The Bertz CT molecular complexity index is 112. The average molecular weight is 172 g/mol. The maximum absolute atomic E-state index is 5.81. The van der Waals surface area contributed by atoms with Gasteiger partial charge in [0.15, 0.2) is 0 Å². The Kier molecular flexibility index (Phi) is 5.51. The monoisotopic (exact) mass is 172 g/mol. The Hall–Kier alpha value is -0.0800. The maximum atomic E-state index is 5.81. The number of likely N-dealkylation sites (N-methyl/N-ethyl adjacent to an activating group) is 1. The largest absolute Gasteiger partial charge is 0.327 e. The molecule has 0 spiro atoms. The van der Waals surface area contributed by atoms with E-state index < -0.39 is 0 Å². The van der Waals surface area contributed by atoms with Crippen molar-refractivity contribution in [3.63, 3.8) is 0 Å². The molecule has 0 aliphatic rings. The second-order valence-electron chi connectivity index (χ2n) is 4.05. The molecule has 0 saturated carbocycles. The summed E-state index contributed by atoms with van der Waals surface area (Å²) >= 11 is 0. The molecule has 0 heterocycles. The van der Waals surface area contributed by atoms with Crippen LogP contribution in [0.5, 0.6) is 0 Å². The predicted molar refractivity (Wildman–Crippen MR) is 55.2 cm³/mol. The van der Waals surface area contributed by atoms with Crippen LogP contribution < -0.4 is 5.73 Å². The number of hydrogen-bond acceptors (Lipinski definition) is 2. The Morgan fingerprint density at radius 3 is 2.08 bits per heavy atom. The van der Waals surface area contributed by atoms with Gasteiger partial charge in [0.2, 0.25) is 0 Å². The molecule has 0 bridgehead atoms. The fourth-order valence-corrected chi connectivity index (χ4v) is 1.19. The lowest BCUT2D eigenvalue weighted by atomic mass is 10.1. The van der Waals surface area contributed by atoms with E-state index in [1.54, 1.807) is 0 Å². The first-order chi connectivity index (χ1) is 5.49. The van der Waals surface area contributed by atoms with Crippen LogP contribution in [0.15, 0.2) is 0 Å². The highest BCUT2D eigenvalue weighted by Crippen LogP contribution is 2.06. The molecule has 0 amide bonds. The van der Waals surface area contributed by atoms with Crippen LogP contribution >= 0.6 is 0 Å². The maximum Gasteiger partial charge on any atom is 0.0213 e. The first kappa shape index (κ1) is 11.9. The van der Waals surface area contributed by atoms with Crippen LogP contribution in [-0.4, -0.2) is 30.6 Å². The van der Waals surface area contributed by atoms with Gasteiger partial charge in [-0.05, 0) is 26.8 Å². The molecule has 0 rings (SSSR count). The van der Waals surface area contributed by atoms with Gasteiger partial charge in [-0.25, -0.2) is 0 Å². The first-order valence-electron chi connectivity index (χ1n) is 4.94. The predicted octanol–water partition coefficient (Wildman–Crippen LogP) is 1.70. The number of nitrogens with two attached hydrogens (primary N) is 1. The lowest BCUT2D eigenvalue weighted by Gasteiger charge is -2.29. The molecule has 0 radical (unpaired) electrons. The summed E-state index contributed by atoms with van der Waals surface area (Å²) in [5.74, 6) is 0.774. The van der Waals surface area contributed by atoms with E-state index in [0.717, 1.165) is 12.5 Å². The normalized spacial score (nSPS) is 19.2.